The minimum absolute atomic E-state index is 0.583. The van der Waals surface area contributed by atoms with Crippen molar-refractivity contribution in [1.82, 2.24) is 0 Å². The van der Waals surface area contributed by atoms with Crippen LogP contribution in [0, 0.1) is 35.5 Å². The molecule has 1 aliphatic rings. The lowest BCUT2D eigenvalue weighted by Gasteiger charge is -2.25. The lowest BCUT2D eigenvalue weighted by Crippen LogP contribution is -2.13. The maximum Gasteiger partial charge on any atom is 0.119 e. The highest BCUT2D eigenvalue weighted by atomic mass is 16.5. The molecular formula is C28H38O. The minimum atomic E-state index is 0.583. The van der Waals surface area contributed by atoms with Gasteiger partial charge in [-0.2, -0.15) is 0 Å². The second-order valence-electron chi connectivity index (χ2n) is 8.18. The molecule has 0 unspecified atom stereocenters. The maximum absolute atomic E-state index is 5.67. The molecule has 1 aliphatic carbocycles. The van der Waals surface area contributed by atoms with Crippen molar-refractivity contribution in [3.05, 3.63) is 42.0 Å². The first-order valence-corrected chi connectivity index (χ1v) is 11.7. The number of unbranched alkanes of at least 4 members (excludes halogenated alkanes) is 4. The molecule has 1 heteroatoms. The Kier molecular flexibility index (Phi) is 11.8. The first kappa shape index (κ1) is 23.2. The Balaban J connectivity index is 1.66. The van der Waals surface area contributed by atoms with E-state index in [9.17, 15) is 0 Å². The summed E-state index contributed by atoms with van der Waals surface area (Å²) in [7, 11) is 0. The highest BCUT2D eigenvalue weighted by Gasteiger charge is 2.19. The van der Waals surface area contributed by atoms with Gasteiger partial charge >= 0.3 is 0 Å². The predicted molar refractivity (Wildman–Crippen MR) is 125 cm³/mol. The molecule has 0 aromatic heterocycles. The van der Waals surface area contributed by atoms with E-state index in [1.165, 1.54) is 57.8 Å². The fourth-order valence-electron chi connectivity index (χ4n) is 3.80. The molecule has 2 rings (SSSR count). The van der Waals surface area contributed by atoms with Gasteiger partial charge in [-0.1, -0.05) is 76.1 Å². The molecule has 0 N–H and O–H groups in total. The van der Waals surface area contributed by atoms with Crippen LogP contribution in [0.2, 0.25) is 0 Å². The van der Waals surface area contributed by atoms with Gasteiger partial charge in [0.25, 0.3) is 0 Å². The smallest absolute Gasteiger partial charge is 0.119 e. The molecule has 0 radical (unpaired) electrons. The third kappa shape index (κ3) is 10.3. The van der Waals surface area contributed by atoms with Gasteiger partial charge in [-0.25, -0.2) is 0 Å². The highest BCUT2D eigenvalue weighted by Crippen LogP contribution is 2.31. The summed E-state index contributed by atoms with van der Waals surface area (Å²) in [6.45, 7) is 5.23. The second-order valence-corrected chi connectivity index (χ2v) is 8.18. The summed E-state index contributed by atoms with van der Waals surface area (Å²) in [6.07, 6.45) is 18.3. The average molecular weight is 391 g/mol. The van der Waals surface area contributed by atoms with Crippen LogP contribution in [0.4, 0.5) is 0 Å². The first-order valence-electron chi connectivity index (χ1n) is 11.7. The summed E-state index contributed by atoms with van der Waals surface area (Å²) in [5, 5.41) is 0. The van der Waals surface area contributed by atoms with E-state index >= 15 is 0 Å². The molecule has 0 bridgehead atoms. The van der Waals surface area contributed by atoms with Gasteiger partial charge in [-0.3, -0.25) is 0 Å². The summed E-state index contributed by atoms with van der Waals surface area (Å²) in [4.78, 5) is 0. The van der Waals surface area contributed by atoms with Crippen molar-refractivity contribution in [3.8, 4) is 29.4 Å². The molecule has 0 heterocycles. The molecule has 0 atom stereocenters. The largest absolute Gasteiger partial charge is 0.494 e. The maximum atomic E-state index is 5.67. The van der Waals surface area contributed by atoms with Crippen LogP contribution in [0.15, 0.2) is 36.4 Å². The highest BCUT2D eigenvalue weighted by molar-refractivity contribution is 5.40. The zero-order valence-corrected chi connectivity index (χ0v) is 18.5. The molecule has 1 fully saturated rings. The normalized spacial score (nSPS) is 18.6. The van der Waals surface area contributed by atoms with E-state index in [0.717, 1.165) is 36.7 Å². The zero-order chi connectivity index (χ0) is 20.6. The van der Waals surface area contributed by atoms with Crippen molar-refractivity contribution in [2.45, 2.75) is 84.5 Å². The van der Waals surface area contributed by atoms with Crippen LogP contribution < -0.4 is 4.74 Å². The van der Waals surface area contributed by atoms with Crippen LogP contribution in [0.5, 0.6) is 5.75 Å². The SMILES string of the molecule is CCCCCCC1CCC(C#CC=CC#Cc2ccc(OCCCC)cc2)CC1. The van der Waals surface area contributed by atoms with Gasteiger partial charge in [-0.15, -0.1) is 0 Å². The van der Waals surface area contributed by atoms with Crippen LogP contribution in [-0.2, 0) is 0 Å². The van der Waals surface area contributed by atoms with Gasteiger partial charge in [0.2, 0.25) is 0 Å². The summed E-state index contributed by atoms with van der Waals surface area (Å²) >= 11 is 0. The van der Waals surface area contributed by atoms with Crippen LogP contribution in [-0.4, -0.2) is 6.61 Å². The predicted octanol–water partition coefficient (Wildman–Crippen LogP) is 7.55. The van der Waals surface area contributed by atoms with Gasteiger partial charge in [0.15, 0.2) is 0 Å². The fraction of sp³-hybridized carbons (Fsp3) is 0.571. The van der Waals surface area contributed by atoms with E-state index in [-0.39, 0.29) is 0 Å². The number of rotatable bonds is 9. The van der Waals surface area contributed by atoms with Crippen molar-refractivity contribution < 1.29 is 4.74 Å². The van der Waals surface area contributed by atoms with E-state index in [1.807, 2.05) is 36.4 Å². The molecule has 1 saturated carbocycles. The Morgan fingerprint density at radius 1 is 0.862 bits per heavy atom. The number of hydrogen-bond acceptors (Lipinski definition) is 1. The lowest BCUT2D eigenvalue weighted by atomic mass is 9.80. The van der Waals surface area contributed by atoms with Crippen LogP contribution in [0.1, 0.15) is 90.0 Å². The third-order valence-corrected chi connectivity index (χ3v) is 5.69. The van der Waals surface area contributed by atoms with Gasteiger partial charge in [-0.05, 0) is 74.4 Å². The van der Waals surface area contributed by atoms with Crippen molar-refractivity contribution in [2.24, 2.45) is 11.8 Å². The van der Waals surface area contributed by atoms with Crippen molar-refractivity contribution in [2.75, 3.05) is 6.61 Å². The van der Waals surface area contributed by atoms with Gasteiger partial charge < -0.3 is 4.74 Å². The van der Waals surface area contributed by atoms with Crippen LogP contribution >= 0.6 is 0 Å². The number of allylic oxidation sites excluding steroid dienone is 2. The number of benzene rings is 1. The molecule has 0 amide bonds. The van der Waals surface area contributed by atoms with E-state index < -0.39 is 0 Å². The summed E-state index contributed by atoms with van der Waals surface area (Å²) in [6, 6.07) is 8.00. The van der Waals surface area contributed by atoms with E-state index in [0.29, 0.717) is 5.92 Å². The summed E-state index contributed by atoms with van der Waals surface area (Å²) in [5.74, 6) is 15.3. The van der Waals surface area contributed by atoms with Crippen molar-refractivity contribution >= 4 is 0 Å². The topological polar surface area (TPSA) is 9.23 Å². The Hall–Kier alpha value is -2.12. The molecule has 0 spiro atoms. The summed E-state index contributed by atoms with van der Waals surface area (Å²) in [5.41, 5.74) is 1.00. The van der Waals surface area contributed by atoms with Crippen molar-refractivity contribution in [1.29, 1.82) is 0 Å². The first-order chi connectivity index (χ1) is 14.3. The molecule has 1 aromatic rings. The zero-order valence-electron chi connectivity index (χ0n) is 18.5. The quantitative estimate of drug-likeness (QED) is 0.312. The fourth-order valence-corrected chi connectivity index (χ4v) is 3.80. The number of ether oxygens (including phenoxy) is 1. The van der Waals surface area contributed by atoms with E-state index in [1.54, 1.807) is 0 Å². The van der Waals surface area contributed by atoms with Crippen LogP contribution in [0.3, 0.4) is 0 Å². The van der Waals surface area contributed by atoms with Crippen LogP contribution in [0.25, 0.3) is 0 Å². The average Bonchev–Trinajstić information content (AvgIpc) is 2.76. The Morgan fingerprint density at radius 2 is 1.59 bits per heavy atom. The van der Waals surface area contributed by atoms with Gasteiger partial charge in [0, 0.05) is 11.5 Å². The Bertz CT molecular complexity index is 697. The Labute approximate surface area is 179 Å². The van der Waals surface area contributed by atoms with Gasteiger partial charge in [0.1, 0.15) is 5.75 Å². The minimum Gasteiger partial charge on any atom is -0.494 e. The van der Waals surface area contributed by atoms with E-state index in [2.05, 4.69) is 37.5 Å². The monoisotopic (exact) mass is 390 g/mol. The lowest BCUT2D eigenvalue weighted by molar-refractivity contribution is 0.294. The standard InChI is InChI=1S/C28H38O/c1-3-5-7-10-13-25-16-18-26(19-17-25)14-11-8-9-12-15-27-20-22-28(23-21-27)29-24-6-4-2/h8-9,20-23,25-26H,3-7,10,13,16-19,24H2,1-2H3. The molecule has 0 saturated heterocycles. The molecule has 0 aliphatic heterocycles. The molecule has 156 valence electrons. The van der Waals surface area contributed by atoms with Crippen molar-refractivity contribution in [3.63, 3.8) is 0 Å². The van der Waals surface area contributed by atoms with E-state index in [4.69, 9.17) is 4.74 Å². The molecular weight excluding hydrogens is 352 g/mol. The Morgan fingerprint density at radius 3 is 2.31 bits per heavy atom. The molecule has 29 heavy (non-hydrogen) atoms. The summed E-state index contributed by atoms with van der Waals surface area (Å²) < 4.78 is 5.67. The molecule has 1 aromatic carbocycles. The van der Waals surface area contributed by atoms with Gasteiger partial charge in [0.05, 0.1) is 6.61 Å². The third-order valence-electron chi connectivity index (χ3n) is 5.69. The number of hydrogen-bond donors (Lipinski definition) is 0. The second kappa shape index (κ2) is 14.8. The molecule has 1 nitrogen and oxygen atoms in total.